The van der Waals surface area contributed by atoms with Gasteiger partial charge in [0, 0.05) is 6.54 Å². The Kier molecular flexibility index (Phi) is 6.91. The lowest BCUT2D eigenvalue weighted by Crippen LogP contribution is -2.30. The summed E-state index contributed by atoms with van der Waals surface area (Å²) in [5.41, 5.74) is -0.809. The smallest absolute Gasteiger partial charge is 0.416 e. The first kappa shape index (κ1) is 25.1. The van der Waals surface area contributed by atoms with Gasteiger partial charge in [0.25, 0.3) is 0 Å². The first-order valence-electron chi connectivity index (χ1n) is 10.5. The maximum atomic E-state index is 13.5. The lowest BCUT2D eigenvalue weighted by atomic mass is 10.2. The molecule has 0 atom stereocenters. The van der Waals surface area contributed by atoms with E-state index in [0.717, 1.165) is 16.4 Å². The summed E-state index contributed by atoms with van der Waals surface area (Å²) in [6.45, 7) is -0.356. The van der Waals surface area contributed by atoms with Crippen LogP contribution in [0.5, 0.6) is 17.4 Å². The van der Waals surface area contributed by atoms with Crippen molar-refractivity contribution >= 4 is 10.0 Å². The van der Waals surface area contributed by atoms with Gasteiger partial charge in [0.15, 0.2) is 0 Å². The fourth-order valence-electron chi connectivity index (χ4n) is 3.39. The third-order valence-electron chi connectivity index (χ3n) is 5.20. The Balaban J connectivity index is 1.57. The van der Waals surface area contributed by atoms with Gasteiger partial charge in [-0.2, -0.15) is 17.5 Å². The quantitative estimate of drug-likeness (QED) is 0.315. The van der Waals surface area contributed by atoms with Gasteiger partial charge in [0.05, 0.1) is 22.7 Å². The minimum Gasteiger partial charge on any atom is -0.493 e. The van der Waals surface area contributed by atoms with Crippen LogP contribution in [0.4, 0.5) is 13.2 Å². The summed E-state index contributed by atoms with van der Waals surface area (Å²) < 4.78 is 71.7. The van der Waals surface area contributed by atoms with Gasteiger partial charge in [-0.1, -0.05) is 30.3 Å². The summed E-state index contributed by atoms with van der Waals surface area (Å²) in [6, 6.07) is 18.2. The number of sulfonamides is 1. The zero-order valence-electron chi connectivity index (χ0n) is 18.5. The number of nitrogens with one attached hydrogen (secondary N) is 2. The van der Waals surface area contributed by atoms with Crippen molar-refractivity contribution in [2.24, 2.45) is 0 Å². The van der Waals surface area contributed by atoms with E-state index in [0.29, 0.717) is 5.56 Å². The molecule has 12 heteroatoms. The number of hydrogen-bond donors (Lipinski definition) is 3. The fraction of sp³-hybridized carbons (Fsp3) is 0.125. The lowest BCUT2D eigenvalue weighted by molar-refractivity contribution is -0.137. The molecule has 188 valence electrons. The van der Waals surface area contributed by atoms with Gasteiger partial charge >= 0.3 is 11.9 Å². The van der Waals surface area contributed by atoms with Crippen molar-refractivity contribution in [3.8, 4) is 17.4 Å². The Morgan fingerprint density at radius 3 is 1.94 bits per heavy atom. The number of aromatic nitrogens is 2. The van der Waals surface area contributed by atoms with Gasteiger partial charge in [0.2, 0.25) is 15.9 Å². The van der Waals surface area contributed by atoms with Crippen LogP contribution >= 0.6 is 0 Å². The number of rotatable bonds is 8. The van der Waals surface area contributed by atoms with Gasteiger partial charge in [0.1, 0.15) is 11.5 Å². The van der Waals surface area contributed by atoms with Crippen molar-refractivity contribution in [3.05, 3.63) is 106 Å². The number of benzene rings is 3. The zero-order chi connectivity index (χ0) is 25.9. The number of imidazole rings is 1. The van der Waals surface area contributed by atoms with Crippen LogP contribution in [0, 0.1) is 0 Å². The first-order valence-corrected chi connectivity index (χ1v) is 12.0. The molecule has 3 N–H and O–H groups in total. The van der Waals surface area contributed by atoms with Gasteiger partial charge in [-0.05, 0) is 54.1 Å². The van der Waals surface area contributed by atoms with Crippen molar-refractivity contribution in [1.82, 2.24) is 14.3 Å². The SMILES string of the molecule is O=c1[nH]c(O)c(CN(Cc2ccccc2)S(=O)(=O)c2ccc(Oc3ccc(C(F)(F)F)cc3)cc2)[nH]1. The number of nitrogens with zero attached hydrogens (tertiary/aromatic N) is 1. The molecule has 1 aromatic heterocycles. The highest BCUT2D eigenvalue weighted by Crippen LogP contribution is 2.32. The van der Waals surface area contributed by atoms with Crippen LogP contribution in [0.15, 0.2) is 88.6 Å². The predicted octanol–water partition coefficient (Wildman–Crippen LogP) is 4.61. The minimum absolute atomic E-state index is 0.00163. The van der Waals surface area contributed by atoms with E-state index in [1.54, 1.807) is 30.3 Å². The standard InChI is InChI=1S/C24H20F3N3O5S/c25-24(26,27)17-6-8-18(9-7-17)35-19-10-12-20(13-11-19)36(33,34)30(14-16-4-2-1-3-5-16)15-21-22(31)29-23(32)28-21/h1-13,31H,14-15H2,(H2,28,29,32). The Labute approximate surface area is 203 Å². The number of halogens is 3. The summed E-state index contributed by atoms with van der Waals surface area (Å²) in [5.74, 6) is -0.0966. The average molecular weight is 520 g/mol. The van der Waals surface area contributed by atoms with Gasteiger partial charge < -0.3 is 14.8 Å². The zero-order valence-corrected chi connectivity index (χ0v) is 19.3. The van der Waals surface area contributed by atoms with E-state index in [9.17, 15) is 31.5 Å². The van der Waals surface area contributed by atoms with E-state index in [1.165, 1.54) is 36.4 Å². The molecule has 0 aliphatic carbocycles. The molecule has 0 spiro atoms. The van der Waals surface area contributed by atoms with Crippen LogP contribution in [-0.4, -0.2) is 27.8 Å². The number of H-pyrrole nitrogens is 2. The van der Waals surface area contributed by atoms with Gasteiger partial charge in [-0.3, -0.25) is 4.98 Å². The molecule has 0 amide bonds. The molecule has 8 nitrogen and oxygen atoms in total. The van der Waals surface area contributed by atoms with E-state index in [-0.39, 0.29) is 35.2 Å². The van der Waals surface area contributed by atoms with Crippen LogP contribution < -0.4 is 10.4 Å². The van der Waals surface area contributed by atoms with E-state index in [2.05, 4.69) is 9.97 Å². The average Bonchev–Trinajstić information content (AvgIpc) is 3.16. The normalized spacial score (nSPS) is 12.1. The third kappa shape index (κ3) is 5.78. The monoisotopic (exact) mass is 519 g/mol. The van der Waals surface area contributed by atoms with Crippen LogP contribution in [0.3, 0.4) is 0 Å². The molecule has 0 aliphatic rings. The molecule has 0 saturated carbocycles. The Hall–Kier alpha value is -4.03. The van der Waals surface area contributed by atoms with Crippen LogP contribution in [0.2, 0.25) is 0 Å². The highest BCUT2D eigenvalue weighted by Gasteiger charge is 2.30. The van der Waals surface area contributed by atoms with Crippen molar-refractivity contribution in [2.75, 3.05) is 0 Å². The highest BCUT2D eigenvalue weighted by atomic mass is 32.2. The lowest BCUT2D eigenvalue weighted by Gasteiger charge is -2.22. The molecular weight excluding hydrogens is 499 g/mol. The van der Waals surface area contributed by atoms with Crippen LogP contribution in [-0.2, 0) is 29.3 Å². The fourth-order valence-corrected chi connectivity index (χ4v) is 4.79. The molecule has 3 aromatic carbocycles. The van der Waals surface area contributed by atoms with Crippen LogP contribution in [0.25, 0.3) is 0 Å². The number of hydrogen-bond acceptors (Lipinski definition) is 5. The highest BCUT2D eigenvalue weighted by molar-refractivity contribution is 7.89. The molecule has 4 rings (SSSR count). The molecule has 0 bridgehead atoms. The largest absolute Gasteiger partial charge is 0.493 e. The molecule has 0 aliphatic heterocycles. The third-order valence-corrected chi connectivity index (χ3v) is 7.00. The second-order valence-corrected chi connectivity index (χ2v) is 9.70. The number of alkyl halides is 3. The Bertz CT molecular complexity index is 1480. The first-order chi connectivity index (χ1) is 17.0. The maximum Gasteiger partial charge on any atom is 0.416 e. The van der Waals surface area contributed by atoms with Gasteiger partial charge in [-0.25, -0.2) is 13.2 Å². The molecular formula is C24H20F3N3O5S. The van der Waals surface area contributed by atoms with Crippen molar-refractivity contribution in [2.45, 2.75) is 24.2 Å². The molecule has 36 heavy (non-hydrogen) atoms. The summed E-state index contributed by atoms with van der Waals surface area (Å²) >= 11 is 0. The molecule has 0 fully saturated rings. The molecule has 4 aromatic rings. The summed E-state index contributed by atoms with van der Waals surface area (Å²) in [7, 11) is -4.11. The summed E-state index contributed by atoms with van der Waals surface area (Å²) in [6.07, 6.45) is -4.47. The molecule has 0 saturated heterocycles. The second-order valence-electron chi connectivity index (χ2n) is 7.76. The molecule has 1 heterocycles. The van der Waals surface area contributed by atoms with E-state index in [1.807, 2.05) is 0 Å². The summed E-state index contributed by atoms with van der Waals surface area (Å²) in [5, 5.41) is 9.93. The molecule has 0 radical (unpaired) electrons. The topological polar surface area (TPSA) is 115 Å². The maximum absolute atomic E-state index is 13.5. The Morgan fingerprint density at radius 1 is 0.833 bits per heavy atom. The predicted molar refractivity (Wildman–Crippen MR) is 124 cm³/mol. The van der Waals surface area contributed by atoms with Gasteiger partial charge in [-0.15, -0.1) is 0 Å². The van der Waals surface area contributed by atoms with Crippen molar-refractivity contribution < 1.29 is 31.4 Å². The van der Waals surface area contributed by atoms with E-state index in [4.69, 9.17) is 4.74 Å². The van der Waals surface area contributed by atoms with Crippen molar-refractivity contribution in [3.63, 3.8) is 0 Å². The van der Waals surface area contributed by atoms with E-state index >= 15 is 0 Å². The second kappa shape index (κ2) is 9.91. The van der Waals surface area contributed by atoms with Crippen molar-refractivity contribution in [1.29, 1.82) is 0 Å². The minimum atomic E-state index is -4.47. The number of ether oxygens (including phenoxy) is 1. The Morgan fingerprint density at radius 2 is 1.42 bits per heavy atom. The summed E-state index contributed by atoms with van der Waals surface area (Å²) in [4.78, 5) is 16.0. The van der Waals surface area contributed by atoms with Crippen LogP contribution in [0.1, 0.15) is 16.8 Å². The molecule has 0 unspecified atom stereocenters. The number of aromatic hydroxyl groups is 1. The van der Waals surface area contributed by atoms with E-state index < -0.39 is 33.3 Å². The number of aromatic amines is 2.